The van der Waals surface area contributed by atoms with Gasteiger partial charge in [-0.15, -0.1) is 11.3 Å². The summed E-state index contributed by atoms with van der Waals surface area (Å²) in [6.07, 6.45) is 1.66. The summed E-state index contributed by atoms with van der Waals surface area (Å²) in [4.78, 5) is 0. The Balaban J connectivity index is 2.51. The van der Waals surface area contributed by atoms with Crippen LogP contribution in [0, 0.1) is 0 Å². The Bertz CT molecular complexity index is 565. The van der Waals surface area contributed by atoms with Gasteiger partial charge in [-0.25, -0.2) is 0 Å². The highest BCUT2D eigenvalue weighted by molar-refractivity contribution is 7.20. The molecule has 3 nitrogen and oxygen atoms in total. The molecule has 2 aromatic rings. The van der Waals surface area contributed by atoms with Gasteiger partial charge in [-0.3, -0.25) is 4.68 Å². The lowest BCUT2D eigenvalue weighted by Crippen LogP contribution is -2.25. The summed E-state index contributed by atoms with van der Waals surface area (Å²) in [5.41, 5.74) is 1.86. The number of hydrogen-bond donors (Lipinski definition) is 1. The van der Waals surface area contributed by atoms with E-state index in [0.29, 0.717) is 13.7 Å². The number of aryl methyl sites for hydroxylation is 1. The van der Waals surface area contributed by atoms with Crippen molar-refractivity contribution in [1.29, 1.82) is 0 Å². The van der Waals surface area contributed by atoms with Gasteiger partial charge < -0.3 is 5.32 Å². The highest BCUT2D eigenvalue weighted by Gasteiger charge is 2.24. The van der Waals surface area contributed by atoms with Gasteiger partial charge in [0.05, 0.1) is 31.6 Å². The average Bonchev–Trinajstić information content (AvgIpc) is 2.89. The van der Waals surface area contributed by atoms with Gasteiger partial charge in [0.2, 0.25) is 0 Å². The molecule has 0 radical (unpaired) electrons. The maximum Gasteiger partial charge on any atom is 0.0996 e. The largest absolute Gasteiger partial charge is 0.305 e. The van der Waals surface area contributed by atoms with Crippen molar-refractivity contribution < 1.29 is 0 Å². The molecular weight excluding hydrogens is 325 g/mol. The summed E-state index contributed by atoms with van der Waals surface area (Å²) >= 11 is 19.9. The lowest BCUT2D eigenvalue weighted by atomic mass is 10.1. The Labute approximate surface area is 131 Å². The van der Waals surface area contributed by atoms with Crippen LogP contribution in [0.4, 0.5) is 0 Å². The Kier molecular flexibility index (Phi) is 5.15. The summed E-state index contributed by atoms with van der Waals surface area (Å²) in [6.45, 7) is 5.60. The Morgan fingerprint density at radius 1 is 1.37 bits per heavy atom. The van der Waals surface area contributed by atoms with E-state index in [1.165, 1.54) is 11.3 Å². The zero-order valence-corrected chi connectivity index (χ0v) is 13.7. The maximum atomic E-state index is 6.27. The lowest BCUT2D eigenvalue weighted by Gasteiger charge is -2.19. The molecule has 0 aliphatic heterocycles. The van der Waals surface area contributed by atoms with Crippen LogP contribution in [0.15, 0.2) is 12.3 Å². The molecule has 2 aromatic heterocycles. The lowest BCUT2D eigenvalue weighted by molar-refractivity contribution is 0.543. The monoisotopic (exact) mass is 337 g/mol. The van der Waals surface area contributed by atoms with Crippen molar-refractivity contribution in [2.75, 3.05) is 6.54 Å². The molecule has 0 amide bonds. The SMILES string of the molecule is CCNC(c1cc(Cl)sc1Cl)c1c(Cl)cnn1CC. The molecule has 0 bridgehead atoms. The van der Waals surface area contributed by atoms with E-state index < -0.39 is 0 Å². The van der Waals surface area contributed by atoms with E-state index in [0.717, 1.165) is 24.3 Å². The van der Waals surface area contributed by atoms with E-state index in [2.05, 4.69) is 10.4 Å². The molecule has 0 spiro atoms. The number of halogens is 3. The van der Waals surface area contributed by atoms with E-state index in [1.807, 2.05) is 24.6 Å². The second kappa shape index (κ2) is 6.46. The molecule has 104 valence electrons. The van der Waals surface area contributed by atoms with Crippen molar-refractivity contribution >= 4 is 46.1 Å². The molecule has 19 heavy (non-hydrogen) atoms. The van der Waals surface area contributed by atoms with Gasteiger partial charge in [0.25, 0.3) is 0 Å². The number of rotatable bonds is 5. The second-order valence-corrected chi connectivity index (χ2v) is 6.66. The van der Waals surface area contributed by atoms with E-state index in [4.69, 9.17) is 34.8 Å². The van der Waals surface area contributed by atoms with Crippen molar-refractivity contribution in [2.45, 2.75) is 26.4 Å². The fraction of sp³-hybridized carbons (Fsp3) is 0.417. The number of hydrogen-bond acceptors (Lipinski definition) is 3. The predicted octanol–water partition coefficient (Wildman–Crippen LogP) is 4.62. The van der Waals surface area contributed by atoms with Gasteiger partial charge >= 0.3 is 0 Å². The third-order valence-electron chi connectivity index (χ3n) is 2.81. The zero-order chi connectivity index (χ0) is 14.0. The highest BCUT2D eigenvalue weighted by Crippen LogP contribution is 2.39. The van der Waals surface area contributed by atoms with Crippen LogP contribution >= 0.6 is 46.1 Å². The molecule has 0 aliphatic rings. The van der Waals surface area contributed by atoms with Crippen molar-refractivity contribution in [3.8, 4) is 0 Å². The van der Waals surface area contributed by atoms with Gasteiger partial charge in [0.1, 0.15) is 0 Å². The minimum absolute atomic E-state index is 0.101. The van der Waals surface area contributed by atoms with Crippen LogP contribution in [0.2, 0.25) is 13.7 Å². The van der Waals surface area contributed by atoms with Gasteiger partial charge in [-0.05, 0) is 19.5 Å². The Hall–Kier alpha value is -0.260. The quantitative estimate of drug-likeness (QED) is 0.862. The normalized spacial score (nSPS) is 12.9. The molecule has 2 heterocycles. The van der Waals surface area contributed by atoms with Crippen LogP contribution in [0.3, 0.4) is 0 Å². The molecule has 1 N–H and O–H groups in total. The average molecular weight is 339 g/mol. The number of thiophene rings is 1. The molecule has 0 aromatic carbocycles. The van der Waals surface area contributed by atoms with E-state index >= 15 is 0 Å². The molecule has 0 saturated heterocycles. The van der Waals surface area contributed by atoms with Crippen LogP contribution in [0.25, 0.3) is 0 Å². The van der Waals surface area contributed by atoms with Crippen molar-refractivity contribution in [1.82, 2.24) is 15.1 Å². The molecular formula is C12H14Cl3N3S. The van der Waals surface area contributed by atoms with Crippen LogP contribution in [0.1, 0.15) is 31.1 Å². The van der Waals surface area contributed by atoms with Crippen LogP contribution < -0.4 is 5.32 Å². The van der Waals surface area contributed by atoms with Crippen molar-refractivity contribution in [3.63, 3.8) is 0 Å². The summed E-state index contributed by atoms with van der Waals surface area (Å²) in [6, 6.07) is 1.78. The van der Waals surface area contributed by atoms with Gasteiger partial charge in [0.15, 0.2) is 0 Å². The highest BCUT2D eigenvalue weighted by atomic mass is 35.5. The molecule has 1 atom stereocenters. The van der Waals surface area contributed by atoms with E-state index in [1.54, 1.807) is 6.20 Å². The van der Waals surface area contributed by atoms with Crippen LogP contribution in [-0.2, 0) is 6.54 Å². The third kappa shape index (κ3) is 3.09. The first-order valence-corrected chi connectivity index (χ1v) is 7.92. The molecule has 7 heteroatoms. The summed E-state index contributed by atoms with van der Waals surface area (Å²) in [5.74, 6) is 0. The Morgan fingerprint density at radius 2 is 2.11 bits per heavy atom. The smallest absolute Gasteiger partial charge is 0.0996 e. The standard InChI is InChI=1S/C12H14Cl3N3S/c1-3-16-10(7-5-9(14)19-12(7)15)11-8(13)6-17-18(11)4-2/h5-6,10,16H,3-4H2,1-2H3. The molecule has 1 unspecified atom stereocenters. The molecule has 0 fully saturated rings. The molecule has 0 aliphatic carbocycles. The predicted molar refractivity (Wildman–Crippen MR) is 82.8 cm³/mol. The van der Waals surface area contributed by atoms with Crippen molar-refractivity contribution in [3.05, 3.63) is 37.2 Å². The first-order valence-electron chi connectivity index (χ1n) is 5.97. The summed E-state index contributed by atoms with van der Waals surface area (Å²) < 4.78 is 3.22. The summed E-state index contributed by atoms with van der Waals surface area (Å²) in [7, 11) is 0. The fourth-order valence-corrected chi connectivity index (χ4v) is 3.80. The van der Waals surface area contributed by atoms with Gasteiger partial charge in [-0.1, -0.05) is 41.7 Å². The zero-order valence-electron chi connectivity index (χ0n) is 10.6. The summed E-state index contributed by atoms with van der Waals surface area (Å²) in [5, 5.41) is 8.29. The maximum absolute atomic E-state index is 6.27. The van der Waals surface area contributed by atoms with Gasteiger partial charge in [-0.2, -0.15) is 5.10 Å². The van der Waals surface area contributed by atoms with Gasteiger partial charge in [0, 0.05) is 12.1 Å². The van der Waals surface area contributed by atoms with E-state index in [9.17, 15) is 0 Å². The second-order valence-electron chi connectivity index (χ2n) is 3.96. The molecule has 0 saturated carbocycles. The van der Waals surface area contributed by atoms with Crippen LogP contribution in [-0.4, -0.2) is 16.3 Å². The fourth-order valence-electron chi connectivity index (χ4n) is 2.02. The Morgan fingerprint density at radius 3 is 2.63 bits per heavy atom. The minimum Gasteiger partial charge on any atom is -0.305 e. The number of nitrogens with zero attached hydrogens (tertiary/aromatic N) is 2. The molecule has 2 rings (SSSR count). The van der Waals surface area contributed by atoms with Crippen molar-refractivity contribution in [2.24, 2.45) is 0 Å². The number of nitrogens with one attached hydrogen (secondary N) is 1. The van der Waals surface area contributed by atoms with Crippen LogP contribution in [0.5, 0.6) is 0 Å². The van der Waals surface area contributed by atoms with E-state index in [-0.39, 0.29) is 6.04 Å². The number of aromatic nitrogens is 2. The third-order valence-corrected chi connectivity index (χ3v) is 4.62. The first-order chi connectivity index (χ1) is 9.08. The minimum atomic E-state index is -0.101. The first kappa shape index (κ1) is 15.1. The topological polar surface area (TPSA) is 29.9 Å².